The predicted molar refractivity (Wildman–Crippen MR) is 124 cm³/mol. The van der Waals surface area contributed by atoms with Crippen LogP contribution in [0.5, 0.6) is 0 Å². The molecule has 3 aromatic rings. The Kier molecular flexibility index (Phi) is 5.84. The average molecular weight is 400 g/mol. The van der Waals surface area contributed by atoms with Crippen LogP contribution in [-0.2, 0) is 0 Å². The summed E-state index contributed by atoms with van der Waals surface area (Å²) in [7, 11) is 0. The highest BCUT2D eigenvalue weighted by Gasteiger charge is 2.20. The fourth-order valence-corrected chi connectivity index (χ4v) is 4.45. The van der Waals surface area contributed by atoms with Crippen molar-refractivity contribution < 1.29 is 4.79 Å². The molecule has 154 valence electrons. The number of nitrogens with zero attached hydrogens (tertiary/aromatic N) is 2. The van der Waals surface area contributed by atoms with E-state index in [-0.39, 0.29) is 5.91 Å². The predicted octanol–water partition coefficient (Wildman–Crippen LogP) is 6.09. The number of fused-ring (bicyclic) bond motifs is 1. The Balaban J connectivity index is 1.69. The number of hydrogen-bond acceptors (Lipinski definition) is 2. The molecular weight excluding hydrogens is 370 g/mol. The zero-order chi connectivity index (χ0) is 21.1. The van der Waals surface area contributed by atoms with Crippen LogP contribution in [-0.4, -0.2) is 34.1 Å². The van der Waals surface area contributed by atoms with Gasteiger partial charge in [-0.15, -0.1) is 0 Å². The van der Waals surface area contributed by atoms with Gasteiger partial charge in [0.2, 0.25) is 0 Å². The summed E-state index contributed by atoms with van der Waals surface area (Å²) in [5.74, 6) is 0.0846. The molecule has 1 aliphatic carbocycles. The van der Waals surface area contributed by atoms with Crippen LogP contribution in [0.3, 0.4) is 0 Å². The van der Waals surface area contributed by atoms with Gasteiger partial charge in [-0.3, -0.25) is 9.89 Å². The van der Waals surface area contributed by atoms with E-state index < -0.39 is 0 Å². The third-order valence-electron chi connectivity index (χ3n) is 6.17. The summed E-state index contributed by atoms with van der Waals surface area (Å²) in [5, 5.41) is 8.48. The number of H-pyrrole nitrogens is 1. The monoisotopic (exact) mass is 399 g/mol. The number of aromatic nitrogens is 2. The van der Waals surface area contributed by atoms with Gasteiger partial charge in [-0.1, -0.05) is 30.8 Å². The molecule has 0 unspecified atom stereocenters. The third kappa shape index (κ3) is 3.70. The van der Waals surface area contributed by atoms with Crippen molar-refractivity contribution in [3.63, 3.8) is 0 Å². The number of nitrogens with one attached hydrogen (secondary N) is 1. The van der Waals surface area contributed by atoms with Crippen molar-refractivity contribution in [1.29, 1.82) is 0 Å². The van der Waals surface area contributed by atoms with Crippen molar-refractivity contribution in [3.05, 3.63) is 77.5 Å². The lowest BCUT2D eigenvalue weighted by Crippen LogP contribution is -2.30. The van der Waals surface area contributed by atoms with E-state index in [0.717, 1.165) is 48.1 Å². The molecule has 1 amide bonds. The van der Waals surface area contributed by atoms with Gasteiger partial charge >= 0.3 is 0 Å². The first-order chi connectivity index (χ1) is 14.6. The molecule has 30 heavy (non-hydrogen) atoms. The largest absolute Gasteiger partial charge is 0.339 e. The lowest BCUT2D eigenvalue weighted by molar-refractivity contribution is 0.0773. The third-order valence-corrected chi connectivity index (χ3v) is 6.17. The minimum atomic E-state index is 0.0846. The SMILES string of the molecule is C=C(C1=C(c2cccc3[nH]ncc23)CCCC1)c1ccc(C(=O)N(CC)CC)cc1. The molecule has 0 fully saturated rings. The summed E-state index contributed by atoms with van der Waals surface area (Å²) in [6.45, 7) is 9.92. The van der Waals surface area contributed by atoms with Crippen molar-refractivity contribution >= 4 is 28.0 Å². The van der Waals surface area contributed by atoms with Crippen molar-refractivity contribution in [2.45, 2.75) is 39.5 Å². The van der Waals surface area contributed by atoms with E-state index >= 15 is 0 Å². The molecule has 1 heterocycles. The maximum Gasteiger partial charge on any atom is 0.253 e. The zero-order valence-corrected chi connectivity index (χ0v) is 17.9. The normalized spacial score (nSPS) is 14.2. The number of carbonyl (C=O) groups excluding carboxylic acids is 1. The van der Waals surface area contributed by atoms with Gasteiger partial charge in [-0.25, -0.2) is 0 Å². The van der Waals surface area contributed by atoms with Crippen LogP contribution >= 0.6 is 0 Å². The van der Waals surface area contributed by atoms with Crippen molar-refractivity contribution in [2.75, 3.05) is 13.1 Å². The smallest absolute Gasteiger partial charge is 0.253 e. The van der Waals surface area contributed by atoms with Crippen molar-refractivity contribution in [1.82, 2.24) is 15.1 Å². The van der Waals surface area contributed by atoms with Crippen LogP contribution in [0.4, 0.5) is 0 Å². The second kappa shape index (κ2) is 8.70. The fraction of sp³-hybridized carbons (Fsp3) is 0.308. The molecule has 0 spiro atoms. The first-order valence-corrected chi connectivity index (χ1v) is 10.9. The first-order valence-electron chi connectivity index (χ1n) is 10.9. The molecule has 0 atom stereocenters. The molecule has 4 nitrogen and oxygen atoms in total. The number of amides is 1. The summed E-state index contributed by atoms with van der Waals surface area (Å²) in [4.78, 5) is 14.5. The molecule has 1 aliphatic rings. The average Bonchev–Trinajstić information content (AvgIpc) is 3.28. The summed E-state index contributed by atoms with van der Waals surface area (Å²) in [6, 6.07) is 14.3. The highest BCUT2D eigenvalue weighted by atomic mass is 16.2. The Morgan fingerprint density at radius 2 is 1.73 bits per heavy atom. The van der Waals surface area contributed by atoms with E-state index in [9.17, 15) is 4.79 Å². The number of allylic oxidation sites excluding steroid dienone is 3. The van der Waals surface area contributed by atoms with Gasteiger partial charge < -0.3 is 4.90 Å². The van der Waals surface area contributed by atoms with Gasteiger partial charge in [0, 0.05) is 24.0 Å². The number of benzene rings is 2. The Bertz CT molecular complexity index is 1100. The highest BCUT2D eigenvalue weighted by Crippen LogP contribution is 2.40. The number of carbonyl (C=O) groups is 1. The van der Waals surface area contributed by atoms with E-state index in [1.54, 1.807) is 0 Å². The minimum absolute atomic E-state index is 0.0846. The van der Waals surface area contributed by atoms with Gasteiger partial charge in [0.1, 0.15) is 0 Å². The minimum Gasteiger partial charge on any atom is -0.339 e. The van der Waals surface area contributed by atoms with Crippen molar-refractivity contribution in [3.8, 4) is 0 Å². The lowest BCUT2D eigenvalue weighted by Gasteiger charge is -2.23. The molecule has 0 aliphatic heterocycles. The summed E-state index contributed by atoms with van der Waals surface area (Å²) in [6.07, 6.45) is 6.37. The molecular formula is C26H29N3O. The molecule has 0 saturated carbocycles. The first kappa shape index (κ1) is 20.1. The van der Waals surface area contributed by atoms with E-state index in [4.69, 9.17) is 0 Å². The molecule has 1 N–H and O–H groups in total. The lowest BCUT2D eigenvalue weighted by atomic mass is 9.81. The van der Waals surface area contributed by atoms with Gasteiger partial charge in [-0.2, -0.15) is 5.10 Å². The zero-order valence-electron chi connectivity index (χ0n) is 17.9. The van der Waals surface area contributed by atoms with Crippen LogP contribution in [0.2, 0.25) is 0 Å². The second-order valence-electron chi connectivity index (χ2n) is 7.83. The van der Waals surface area contributed by atoms with Gasteiger partial charge in [0.05, 0.1) is 11.7 Å². The molecule has 4 heteroatoms. The fourth-order valence-electron chi connectivity index (χ4n) is 4.45. The van der Waals surface area contributed by atoms with Crippen LogP contribution in [0.15, 0.2) is 60.8 Å². The maximum atomic E-state index is 12.6. The van der Waals surface area contributed by atoms with Gasteiger partial charge in [0.15, 0.2) is 0 Å². The molecule has 0 bridgehead atoms. The molecule has 0 radical (unpaired) electrons. The molecule has 4 rings (SSSR count). The number of hydrogen-bond donors (Lipinski definition) is 1. The Morgan fingerprint density at radius 3 is 2.47 bits per heavy atom. The van der Waals surface area contributed by atoms with Crippen LogP contribution < -0.4 is 0 Å². The Morgan fingerprint density at radius 1 is 1.03 bits per heavy atom. The van der Waals surface area contributed by atoms with Crippen LogP contribution in [0, 0.1) is 0 Å². The topological polar surface area (TPSA) is 49.0 Å². The van der Waals surface area contributed by atoms with Crippen LogP contribution in [0.25, 0.3) is 22.0 Å². The quantitative estimate of drug-likeness (QED) is 0.545. The molecule has 1 aromatic heterocycles. The summed E-state index contributed by atoms with van der Waals surface area (Å²) in [5.41, 5.74) is 7.91. The molecule has 2 aromatic carbocycles. The van der Waals surface area contributed by atoms with Gasteiger partial charge in [-0.05, 0) is 85.6 Å². The summed E-state index contributed by atoms with van der Waals surface area (Å²) < 4.78 is 0. The van der Waals surface area contributed by atoms with E-state index in [1.807, 2.05) is 49.2 Å². The second-order valence-corrected chi connectivity index (χ2v) is 7.83. The Labute approximate surface area is 178 Å². The highest BCUT2D eigenvalue weighted by molar-refractivity contribution is 5.98. The van der Waals surface area contributed by atoms with E-state index in [2.05, 4.69) is 35.0 Å². The Hall–Kier alpha value is -3.14. The molecule has 0 saturated heterocycles. The van der Waals surface area contributed by atoms with E-state index in [0.29, 0.717) is 0 Å². The summed E-state index contributed by atoms with van der Waals surface area (Å²) >= 11 is 0. The van der Waals surface area contributed by atoms with Crippen LogP contribution in [0.1, 0.15) is 61.0 Å². The number of rotatable bonds is 6. The standard InChI is InChI=1S/C26H29N3O/c1-4-29(5-2)26(30)20-15-13-19(14-16-20)18(3)21-9-6-7-10-22(21)23-11-8-12-25-24(23)17-27-28-25/h8,11-17H,3-7,9-10H2,1-2H3,(H,27,28). The van der Waals surface area contributed by atoms with E-state index in [1.165, 1.54) is 34.9 Å². The van der Waals surface area contributed by atoms with Gasteiger partial charge in [0.25, 0.3) is 5.91 Å². The van der Waals surface area contributed by atoms with Crippen molar-refractivity contribution in [2.24, 2.45) is 0 Å². The maximum absolute atomic E-state index is 12.6. The number of aromatic amines is 1.